The van der Waals surface area contributed by atoms with Crippen LogP contribution in [-0.4, -0.2) is 15.5 Å². The number of carbonyl (C=O) groups is 1. The van der Waals surface area contributed by atoms with E-state index in [1.807, 2.05) is 18.5 Å². The Hall–Kier alpha value is -1.58. The third-order valence-corrected chi connectivity index (χ3v) is 3.42. The molecule has 2 rings (SSSR count). The van der Waals surface area contributed by atoms with Crippen LogP contribution in [0.5, 0.6) is 0 Å². The van der Waals surface area contributed by atoms with Crippen LogP contribution in [0.15, 0.2) is 23.7 Å². The third kappa shape index (κ3) is 2.75. The molecule has 4 nitrogen and oxygen atoms in total. The van der Waals surface area contributed by atoms with Gasteiger partial charge in [0.05, 0.1) is 18.6 Å². The minimum Gasteiger partial charge on any atom is -0.347 e. The molecule has 0 radical (unpaired) electrons. The Morgan fingerprint density at radius 2 is 2.18 bits per heavy atom. The fourth-order valence-corrected chi connectivity index (χ4v) is 2.20. The summed E-state index contributed by atoms with van der Waals surface area (Å²) in [5.41, 5.74) is 3.25. The molecule has 1 aromatic rings. The molecule has 1 fully saturated rings. The van der Waals surface area contributed by atoms with Gasteiger partial charge in [-0.2, -0.15) is 0 Å². The molecule has 0 spiro atoms. The van der Waals surface area contributed by atoms with Crippen molar-refractivity contribution < 1.29 is 4.79 Å². The summed E-state index contributed by atoms with van der Waals surface area (Å²) in [4.78, 5) is 16.0. The van der Waals surface area contributed by atoms with Gasteiger partial charge in [-0.15, -0.1) is 0 Å². The maximum absolute atomic E-state index is 11.9. The summed E-state index contributed by atoms with van der Waals surface area (Å²) in [6, 6.07) is 0. The molecule has 1 heterocycles. The Morgan fingerprint density at radius 3 is 2.76 bits per heavy atom. The van der Waals surface area contributed by atoms with Crippen molar-refractivity contribution >= 4 is 5.91 Å². The molecule has 1 aliphatic carbocycles. The summed E-state index contributed by atoms with van der Waals surface area (Å²) in [6.07, 6.45) is 8.14. The number of nitrogens with one attached hydrogen (secondary N) is 1. The average molecular weight is 233 g/mol. The number of imidazole rings is 1. The number of hydrogen-bond donors (Lipinski definition) is 1. The average Bonchev–Trinajstić information content (AvgIpc) is 2.96. The van der Waals surface area contributed by atoms with Gasteiger partial charge in [0, 0.05) is 18.8 Å². The number of allylic oxidation sites excluding steroid dienone is 1. The Balaban J connectivity index is 1.93. The van der Waals surface area contributed by atoms with Gasteiger partial charge in [-0.1, -0.05) is 5.57 Å². The minimum absolute atomic E-state index is 0.0584. The van der Waals surface area contributed by atoms with Crippen LogP contribution >= 0.6 is 0 Å². The Morgan fingerprint density at radius 1 is 1.47 bits per heavy atom. The normalized spacial score (nSPS) is 15.1. The molecule has 0 aliphatic heterocycles. The second kappa shape index (κ2) is 5.17. The van der Waals surface area contributed by atoms with Gasteiger partial charge in [-0.05, 0) is 32.6 Å². The van der Waals surface area contributed by atoms with Gasteiger partial charge in [0.1, 0.15) is 0 Å². The van der Waals surface area contributed by atoms with Crippen LogP contribution in [0.2, 0.25) is 0 Å². The molecular weight excluding hydrogens is 214 g/mol. The molecule has 92 valence electrons. The quantitative estimate of drug-likeness (QED) is 0.811. The highest BCUT2D eigenvalue weighted by atomic mass is 16.1. The predicted molar refractivity (Wildman–Crippen MR) is 66.2 cm³/mol. The molecule has 1 aromatic heterocycles. The van der Waals surface area contributed by atoms with Crippen molar-refractivity contribution in [2.45, 2.75) is 39.2 Å². The van der Waals surface area contributed by atoms with Crippen LogP contribution in [0.1, 0.15) is 38.3 Å². The van der Waals surface area contributed by atoms with Gasteiger partial charge in [0.25, 0.3) is 0 Å². The van der Waals surface area contributed by atoms with Gasteiger partial charge in [-0.25, -0.2) is 4.98 Å². The molecule has 1 aliphatic rings. The van der Waals surface area contributed by atoms with E-state index in [1.165, 1.54) is 18.4 Å². The molecule has 1 amide bonds. The van der Waals surface area contributed by atoms with Gasteiger partial charge >= 0.3 is 0 Å². The van der Waals surface area contributed by atoms with Crippen molar-refractivity contribution in [1.29, 1.82) is 0 Å². The van der Waals surface area contributed by atoms with Gasteiger partial charge < -0.3 is 9.88 Å². The van der Waals surface area contributed by atoms with E-state index in [0.717, 1.165) is 24.1 Å². The summed E-state index contributed by atoms with van der Waals surface area (Å²) in [7, 11) is 1.93. The first-order valence-corrected chi connectivity index (χ1v) is 6.10. The van der Waals surface area contributed by atoms with Crippen molar-refractivity contribution in [1.82, 2.24) is 14.9 Å². The zero-order valence-corrected chi connectivity index (χ0v) is 10.5. The number of rotatable bonds is 3. The van der Waals surface area contributed by atoms with E-state index in [2.05, 4.69) is 10.3 Å². The smallest absolute Gasteiger partial charge is 0.247 e. The van der Waals surface area contributed by atoms with Crippen molar-refractivity contribution in [2.75, 3.05) is 0 Å². The highest BCUT2D eigenvalue weighted by molar-refractivity contribution is 5.93. The number of hydrogen-bond acceptors (Lipinski definition) is 2. The summed E-state index contributed by atoms with van der Waals surface area (Å²) in [5, 5.41) is 2.94. The van der Waals surface area contributed by atoms with E-state index >= 15 is 0 Å². The molecule has 1 saturated carbocycles. The fraction of sp³-hybridized carbons (Fsp3) is 0.538. The monoisotopic (exact) mass is 233 g/mol. The van der Waals surface area contributed by atoms with Crippen LogP contribution in [0, 0.1) is 0 Å². The van der Waals surface area contributed by atoms with Gasteiger partial charge in [-0.3, -0.25) is 4.79 Å². The van der Waals surface area contributed by atoms with Crippen LogP contribution in [0.3, 0.4) is 0 Å². The largest absolute Gasteiger partial charge is 0.347 e. The molecule has 0 bridgehead atoms. The van der Waals surface area contributed by atoms with E-state index in [-0.39, 0.29) is 5.91 Å². The Labute approximate surface area is 102 Å². The molecule has 17 heavy (non-hydrogen) atoms. The van der Waals surface area contributed by atoms with Crippen molar-refractivity contribution in [2.24, 2.45) is 7.05 Å². The van der Waals surface area contributed by atoms with Crippen molar-refractivity contribution in [3.63, 3.8) is 0 Å². The number of carbonyl (C=O) groups excluding carboxylic acids is 1. The molecule has 0 unspecified atom stereocenters. The number of aryl methyl sites for hydroxylation is 1. The maximum atomic E-state index is 11.9. The third-order valence-electron chi connectivity index (χ3n) is 3.42. The first kappa shape index (κ1) is 11.9. The molecule has 0 aromatic carbocycles. The number of aromatic nitrogens is 2. The molecular formula is C13H19N3O. The zero-order valence-electron chi connectivity index (χ0n) is 10.5. The van der Waals surface area contributed by atoms with E-state index in [9.17, 15) is 4.79 Å². The highest BCUT2D eigenvalue weighted by Gasteiger charge is 2.14. The van der Waals surface area contributed by atoms with Gasteiger partial charge in [0.15, 0.2) is 0 Å². The predicted octanol–water partition coefficient (Wildman–Crippen LogP) is 1.93. The van der Waals surface area contributed by atoms with E-state index in [4.69, 9.17) is 0 Å². The second-order valence-corrected chi connectivity index (χ2v) is 4.61. The van der Waals surface area contributed by atoms with Crippen LogP contribution in [0.4, 0.5) is 0 Å². The zero-order chi connectivity index (χ0) is 12.3. The second-order valence-electron chi connectivity index (χ2n) is 4.61. The van der Waals surface area contributed by atoms with Crippen LogP contribution in [0.25, 0.3) is 0 Å². The molecule has 0 atom stereocenters. The summed E-state index contributed by atoms with van der Waals surface area (Å²) in [5.74, 6) is 0.0584. The van der Waals surface area contributed by atoms with E-state index in [0.29, 0.717) is 6.54 Å². The molecule has 4 heteroatoms. The van der Waals surface area contributed by atoms with Crippen LogP contribution < -0.4 is 5.32 Å². The van der Waals surface area contributed by atoms with Crippen molar-refractivity contribution in [3.8, 4) is 0 Å². The van der Waals surface area contributed by atoms with E-state index in [1.54, 1.807) is 12.5 Å². The number of nitrogens with zero attached hydrogens (tertiary/aromatic N) is 2. The SMILES string of the molecule is CC(C(=O)NCc1cncn1C)=C1CCCC1. The molecule has 1 N–H and O–H groups in total. The lowest BCUT2D eigenvalue weighted by Gasteiger charge is -2.08. The topological polar surface area (TPSA) is 46.9 Å². The van der Waals surface area contributed by atoms with E-state index < -0.39 is 0 Å². The lowest BCUT2D eigenvalue weighted by atomic mass is 10.1. The maximum Gasteiger partial charge on any atom is 0.247 e. The summed E-state index contributed by atoms with van der Waals surface area (Å²) in [6.45, 7) is 2.47. The van der Waals surface area contributed by atoms with Gasteiger partial charge in [0.2, 0.25) is 5.91 Å². The number of amides is 1. The lowest BCUT2D eigenvalue weighted by molar-refractivity contribution is -0.117. The molecule has 0 saturated heterocycles. The highest BCUT2D eigenvalue weighted by Crippen LogP contribution is 2.26. The fourth-order valence-electron chi connectivity index (χ4n) is 2.20. The first-order valence-electron chi connectivity index (χ1n) is 6.10. The Kier molecular flexibility index (Phi) is 3.61. The minimum atomic E-state index is 0.0584. The summed E-state index contributed by atoms with van der Waals surface area (Å²) < 4.78 is 1.92. The Bertz CT molecular complexity index is 437. The lowest BCUT2D eigenvalue weighted by Crippen LogP contribution is -2.25. The summed E-state index contributed by atoms with van der Waals surface area (Å²) >= 11 is 0. The standard InChI is InChI=1S/C13H19N3O/c1-10(11-5-3-4-6-11)13(17)15-8-12-7-14-9-16(12)2/h7,9H,3-6,8H2,1-2H3,(H,15,17). The first-order chi connectivity index (χ1) is 8.18. The van der Waals surface area contributed by atoms with Crippen LogP contribution in [-0.2, 0) is 18.4 Å². The van der Waals surface area contributed by atoms with Crippen molar-refractivity contribution in [3.05, 3.63) is 29.4 Å².